The molecule has 106 valence electrons. The van der Waals surface area contributed by atoms with Crippen molar-refractivity contribution < 1.29 is 22.6 Å². The van der Waals surface area contributed by atoms with Crippen LogP contribution in [-0.2, 0) is 4.74 Å². The summed E-state index contributed by atoms with van der Waals surface area (Å²) in [5, 5.41) is 0. The van der Waals surface area contributed by atoms with Crippen LogP contribution in [0.1, 0.15) is 31.4 Å². The molecule has 0 aromatic heterocycles. The highest BCUT2D eigenvalue weighted by Crippen LogP contribution is 2.35. The fraction of sp³-hybridized carbons (Fsp3) is 0.538. The Morgan fingerprint density at radius 2 is 2.00 bits per heavy atom. The van der Waals surface area contributed by atoms with Crippen LogP contribution in [0.15, 0.2) is 24.3 Å². The Kier molecular flexibility index (Phi) is 4.01. The minimum Gasteiger partial charge on any atom is -0.405 e. The van der Waals surface area contributed by atoms with Gasteiger partial charge in [-0.15, -0.1) is 13.2 Å². The van der Waals surface area contributed by atoms with Gasteiger partial charge in [-0.1, -0.05) is 18.2 Å². The number of para-hydroxylation sites is 1. The Balaban J connectivity index is 2.19. The number of rotatable bonds is 3. The van der Waals surface area contributed by atoms with Crippen LogP contribution in [0, 0.1) is 0 Å². The Labute approximate surface area is 109 Å². The number of benzene rings is 1. The summed E-state index contributed by atoms with van der Waals surface area (Å²) < 4.78 is 46.6. The molecular formula is C13H16F3NO2. The zero-order chi connectivity index (χ0) is 14.0. The van der Waals surface area contributed by atoms with Crippen LogP contribution in [0.2, 0.25) is 0 Å². The molecule has 0 bridgehead atoms. The van der Waals surface area contributed by atoms with Crippen molar-refractivity contribution in [3.63, 3.8) is 0 Å². The van der Waals surface area contributed by atoms with E-state index in [0.717, 1.165) is 12.8 Å². The summed E-state index contributed by atoms with van der Waals surface area (Å²) in [6, 6.07) is 5.30. The number of halogens is 3. The first kappa shape index (κ1) is 14.1. The molecule has 1 saturated heterocycles. The molecule has 0 radical (unpaired) electrons. The van der Waals surface area contributed by atoms with Gasteiger partial charge >= 0.3 is 6.36 Å². The summed E-state index contributed by atoms with van der Waals surface area (Å²) in [5.41, 5.74) is 6.33. The van der Waals surface area contributed by atoms with E-state index in [2.05, 4.69) is 4.74 Å². The Morgan fingerprint density at radius 3 is 2.58 bits per heavy atom. The summed E-state index contributed by atoms with van der Waals surface area (Å²) in [7, 11) is 0. The molecule has 1 aliphatic rings. The van der Waals surface area contributed by atoms with E-state index < -0.39 is 12.4 Å². The van der Waals surface area contributed by atoms with E-state index in [-0.39, 0.29) is 18.0 Å². The second-order valence-corrected chi connectivity index (χ2v) is 4.67. The molecule has 2 rings (SSSR count). The van der Waals surface area contributed by atoms with Gasteiger partial charge in [0.2, 0.25) is 0 Å². The maximum Gasteiger partial charge on any atom is 0.573 e. The number of ether oxygens (including phenoxy) is 2. The molecule has 2 N–H and O–H groups in total. The second-order valence-electron chi connectivity index (χ2n) is 4.67. The van der Waals surface area contributed by atoms with Crippen molar-refractivity contribution in [2.24, 2.45) is 5.73 Å². The molecule has 0 spiro atoms. The van der Waals surface area contributed by atoms with Gasteiger partial charge in [-0.25, -0.2) is 0 Å². The Hall–Kier alpha value is -1.27. The van der Waals surface area contributed by atoms with E-state index in [1.54, 1.807) is 6.07 Å². The maximum absolute atomic E-state index is 12.3. The summed E-state index contributed by atoms with van der Waals surface area (Å²) in [4.78, 5) is 0. The zero-order valence-electron chi connectivity index (χ0n) is 10.5. The third kappa shape index (κ3) is 3.61. The van der Waals surface area contributed by atoms with Crippen molar-refractivity contribution >= 4 is 0 Å². The first-order valence-electron chi connectivity index (χ1n) is 6.12. The second kappa shape index (κ2) is 5.38. The van der Waals surface area contributed by atoms with Crippen molar-refractivity contribution in [1.29, 1.82) is 0 Å². The number of alkyl halides is 3. The standard InChI is InChI=1S/C13H16F3NO2/c1-8-6-7-11(18-8)12(17)9-4-2-3-5-10(9)19-13(14,15)16/h2-5,8,11-12H,6-7,17H2,1H3. The molecule has 0 amide bonds. The largest absolute Gasteiger partial charge is 0.573 e. The lowest BCUT2D eigenvalue weighted by molar-refractivity contribution is -0.275. The minimum atomic E-state index is -4.72. The van der Waals surface area contributed by atoms with Crippen molar-refractivity contribution in [2.75, 3.05) is 0 Å². The predicted octanol–water partition coefficient (Wildman–Crippen LogP) is 3.15. The van der Waals surface area contributed by atoms with Gasteiger partial charge in [-0.3, -0.25) is 0 Å². The summed E-state index contributed by atoms with van der Waals surface area (Å²) in [5.74, 6) is -0.259. The lowest BCUT2D eigenvalue weighted by Gasteiger charge is -2.22. The molecule has 0 saturated carbocycles. The maximum atomic E-state index is 12.3. The molecule has 1 heterocycles. The first-order valence-corrected chi connectivity index (χ1v) is 6.12. The zero-order valence-corrected chi connectivity index (χ0v) is 10.5. The van der Waals surface area contributed by atoms with Crippen molar-refractivity contribution in [3.8, 4) is 5.75 Å². The molecule has 3 unspecified atom stereocenters. The van der Waals surface area contributed by atoms with Crippen molar-refractivity contribution in [2.45, 2.75) is 44.4 Å². The van der Waals surface area contributed by atoms with E-state index in [0.29, 0.717) is 5.56 Å². The SMILES string of the molecule is CC1CCC(C(N)c2ccccc2OC(F)(F)F)O1. The minimum absolute atomic E-state index is 0.0896. The van der Waals surface area contributed by atoms with Gasteiger partial charge in [0.1, 0.15) is 5.75 Å². The Bertz CT molecular complexity index is 436. The fourth-order valence-electron chi connectivity index (χ4n) is 2.27. The molecule has 19 heavy (non-hydrogen) atoms. The molecule has 3 atom stereocenters. The highest BCUT2D eigenvalue weighted by Gasteiger charge is 2.35. The van der Waals surface area contributed by atoms with Crippen LogP contribution >= 0.6 is 0 Å². The summed E-state index contributed by atoms with van der Waals surface area (Å²) >= 11 is 0. The topological polar surface area (TPSA) is 44.5 Å². The molecule has 1 aromatic rings. The van der Waals surface area contributed by atoms with Crippen molar-refractivity contribution in [1.82, 2.24) is 0 Å². The number of hydrogen-bond donors (Lipinski definition) is 1. The molecule has 6 heteroatoms. The van der Waals surface area contributed by atoms with E-state index in [1.807, 2.05) is 6.92 Å². The van der Waals surface area contributed by atoms with Crippen molar-refractivity contribution in [3.05, 3.63) is 29.8 Å². The molecule has 3 nitrogen and oxygen atoms in total. The molecule has 1 fully saturated rings. The number of hydrogen-bond acceptors (Lipinski definition) is 3. The third-order valence-electron chi connectivity index (χ3n) is 3.17. The Morgan fingerprint density at radius 1 is 1.32 bits per heavy atom. The average molecular weight is 275 g/mol. The molecule has 0 aliphatic carbocycles. The van der Waals surface area contributed by atoms with E-state index in [9.17, 15) is 13.2 Å². The van der Waals surface area contributed by atoms with Crippen LogP contribution in [0.25, 0.3) is 0 Å². The average Bonchev–Trinajstić information content (AvgIpc) is 2.74. The van der Waals surface area contributed by atoms with Gasteiger partial charge in [-0.2, -0.15) is 0 Å². The lowest BCUT2D eigenvalue weighted by Crippen LogP contribution is -2.28. The van der Waals surface area contributed by atoms with Crippen LogP contribution in [-0.4, -0.2) is 18.6 Å². The molecule has 1 aliphatic heterocycles. The lowest BCUT2D eigenvalue weighted by atomic mass is 9.99. The highest BCUT2D eigenvalue weighted by atomic mass is 19.4. The van der Waals surface area contributed by atoms with Gasteiger partial charge in [0.05, 0.1) is 18.2 Å². The van der Waals surface area contributed by atoms with E-state index in [1.165, 1.54) is 18.2 Å². The van der Waals surface area contributed by atoms with Crippen LogP contribution < -0.4 is 10.5 Å². The van der Waals surface area contributed by atoms with Crippen LogP contribution in [0.4, 0.5) is 13.2 Å². The first-order chi connectivity index (χ1) is 8.87. The highest BCUT2D eigenvalue weighted by molar-refractivity contribution is 5.36. The monoisotopic (exact) mass is 275 g/mol. The van der Waals surface area contributed by atoms with Crippen LogP contribution in [0.3, 0.4) is 0 Å². The summed E-state index contributed by atoms with van der Waals surface area (Å²) in [6.45, 7) is 1.92. The fourth-order valence-corrected chi connectivity index (χ4v) is 2.27. The normalized spacial score (nSPS) is 25.3. The van der Waals surface area contributed by atoms with Gasteiger partial charge in [0.25, 0.3) is 0 Å². The molecule has 1 aromatic carbocycles. The van der Waals surface area contributed by atoms with Gasteiger partial charge in [0, 0.05) is 5.56 Å². The van der Waals surface area contributed by atoms with Gasteiger partial charge in [-0.05, 0) is 25.8 Å². The van der Waals surface area contributed by atoms with E-state index in [4.69, 9.17) is 10.5 Å². The van der Waals surface area contributed by atoms with Crippen LogP contribution in [0.5, 0.6) is 5.75 Å². The third-order valence-corrected chi connectivity index (χ3v) is 3.17. The quantitative estimate of drug-likeness (QED) is 0.921. The van der Waals surface area contributed by atoms with Gasteiger partial charge in [0.15, 0.2) is 0 Å². The smallest absolute Gasteiger partial charge is 0.405 e. The van der Waals surface area contributed by atoms with Gasteiger partial charge < -0.3 is 15.2 Å². The van der Waals surface area contributed by atoms with E-state index >= 15 is 0 Å². The summed E-state index contributed by atoms with van der Waals surface area (Å²) in [6.07, 6.45) is -3.30. The molecular weight excluding hydrogens is 259 g/mol. The number of nitrogens with two attached hydrogens (primary N) is 1. The predicted molar refractivity (Wildman–Crippen MR) is 63.6 cm³/mol.